The lowest BCUT2D eigenvalue weighted by atomic mass is 10.4. The van der Waals surface area contributed by atoms with Crippen LogP contribution in [0.25, 0.3) is 0 Å². The molecule has 0 fully saturated rings. The summed E-state index contributed by atoms with van der Waals surface area (Å²) in [4.78, 5) is 5.77. The van der Waals surface area contributed by atoms with Crippen molar-refractivity contribution in [1.82, 2.24) is 10.6 Å². The number of hydrogen-bond donors (Lipinski definition) is 3. The summed E-state index contributed by atoms with van der Waals surface area (Å²) in [5, 5.41) is 15.4. The molecule has 1 unspecified atom stereocenters. The van der Waals surface area contributed by atoms with Gasteiger partial charge in [-0.3, -0.25) is 4.99 Å². The first kappa shape index (κ1) is 15.9. The summed E-state index contributed by atoms with van der Waals surface area (Å²) >= 11 is 1.82. The molecule has 0 aliphatic rings. The van der Waals surface area contributed by atoms with Crippen molar-refractivity contribution in [2.75, 3.05) is 26.2 Å². The molecular formula is C14H23N3OS. The molecule has 106 valence electrons. The monoisotopic (exact) mass is 281 g/mol. The maximum Gasteiger partial charge on any atom is 0.191 e. The van der Waals surface area contributed by atoms with Gasteiger partial charge in [0.15, 0.2) is 5.96 Å². The van der Waals surface area contributed by atoms with E-state index in [4.69, 9.17) is 5.11 Å². The van der Waals surface area contributed by atoms with Gasteiger partial charge in [-0.05, 0) is 19.1 Å². The van der Waals surface area contributed by atoms with Gasteiger partial charge in [0, 0.05) is 23.2 Å². The van der Waals surface area contributed by atoms with Crippen molar-refractivity contribution in [1.29, 1.82) is 0 Å². The van der Waals surface area contributed by atoms with E-state index in [9.17, 15) is 0 Å². The van der Waals surface area contributed by atoms with E-state index in [1.165, 1.54) is 4.90 Å². The minimum atomic E-state index is 0.110. The molecule has 0 aromatic heterocycles. The Morgan fingerprint density at radius 3 is 2.68 bits per heavy atom. The largest absolute Gasteiger partial charge is 0.395 e. The van der Waals surface area contributed by atoms with Gasteiger partial charge in [0.1, 0.15) is 0 Å². The van der Waals surface area contributed by atoms with Crippen LogP contribution in [-0.2, 0) is 0 Å². The van der Waals surface area contributed by atoms with Crippen molar-refractivity contribution < 1.29 is 5.11 Å². The van der Waals surface area contributed by atoms with E-state index in [1.807, 2.05) is 36.9 Å². The van der Waals surface area contributed by atoms with E-state index < -0.39 is 0 Å². The average molecular weight is 281 g/mol. The second kappa shape index (κ2) is 9.69. The first-order chi connectivity index (χ1) is 9.26. The van der Waals surface area contributed by atoms with Gasteiger partial charge in [0.25, 0.3) is 0 Å². The van der Waals surface area contributed by atoms with Gasteiger partial charge in [-0.25, -0.2) is 0 Å². The lowest BCUT2D eigenvalue weighted by Gasteiger charge is -2.12. The fraction of sp³-hybridized carbons (Fsp3) is 0.500. The van der Waals surface area contributed by atoms with Crippen LogP contribution < -0.4 is 10.6 Å². The average Bonchev–Trinajstić information content (AvgIpc) is 2.43. The van der Waals surface area contributed by atoms with Gasteiger partial charge in [-0.15, -0.1) is 11.8 Å². The highest BCUT2D eigenvalue weighted by Crippen LogP contribution is 2.22. The molecule has 0 bridgehead atoms. The van der Waals surface area contributed by atoms with Gasteiger partial charge in [-0.1, -0.05) is 25.1 Å². The standard InChI is InChI=1S/C14H23N3OS/c1-3-15-14(16-9-10-18)17-11-12(2)19-13-7-5-4-6-8-13/h4-8,12,18H,3,9-11H2,1-2H3,(H2,15,16,17). The van der Waals surface area contributed by atoms with Gasteiger partial charge >= 0.3 is 0 Å². The van der Waals surface area contributed by atoms with Crippen LogP contribution in [0.4, 0.5) is 0 Å². The second-order valence-corrected chi connectivity index (χ2v) is 5.62. The number of hydrogen-bond acceptors (Lipinski definition) is 3. The fourth-order valence-electron chi connectivity index (χ4n) is 1.50. The number of guanidine groups is 1. The van der Waals surface area contributed by atoms with Gasteiger partial charge in [0.2, 0.25) is 0 Å². The Bertz CT molecular complexity index is 370. The number of rotatable bonds is 7. The zero-order chi connectivity index (χ0) is 13.9. The first-order valence-corrected chi connectivity index (χ1v) is 7.49. The van der Waals surface area contributed by atoms with Crippen LogP contribution in [0.15, 0.2) is 40.2 Å². The van der Waals surface area contributed by atoms with Crippen LogP contribution >= 0.6 is 11.8 Å². The topological polar surface area (TPSA) is 56.7 Å². The summed E-state index contributed by atoms with van der Waals surface area (Å²) in [6.45, 7) is 6.37. The fourth-order valence-corrected chi connectivity index (χ4v) is 2.43. The molecule has 0 aliphatic heterocycles. The maximum atomic E-state index is 8.81. The van der Waals surface area contributed by atoms with Crippen molar-refractivity contribution in [3.05, 3.63) is 30.3 Å². The summed E-state index contributed by atoms with van der Waals surface area (Å²) in [5.74, 6) is 0.761. The van der Waals surface area contributed by atoms with Crippen LogP contribution in [0.5, 0.6) is 0 Å². The quantitative estimate of drug-likeness (QED) is 0.405. The summed E-state index contributed by atoms with van der Waals surface area (Å²) in [6, 6.07) is 10.3. The van der Waals surface area contributed by atoms with Crippen molar-refractivity contribution >= 4 is 17.7 Å². The van der Waals surface area contributed by atoms with E-state index >= 15 is 0 Å². The third kappa shape index (κ3) is 7.08. The highest BCUT2D eigenvalue weighted by Gasteiger charge is 2.04. The Morgan fingerprint density at radius 1 is 1.32 bits per heavy atom. The minimum Gasteiger partial charge on any atom is -0.395 e. The normalized spacial score (nSPS) is 13.1. The van der Waals surface area contributed by atoms with Crippen LogP contribution in [0, 0.1) is 0 Å². The molecular weight excluding hydrogens is 258 g/mol. The lowest BCUT2D eigenvalue weighted by Crippen LogP contribution is -2.39. The highest BCUT2D eigenvalue weighted by molar-refractivity contribution is 8.00. The Balaban J connectivity index is 2.42. The number of nitrogens with zero attached hydrogens (tertiary/aromatic N) is 1. The van der Waals surface area contributed by atoms with Crippen molar-refractivity contribution in [2.24, 2.45) is 4.99 Å². The van der Waals surface area contributed by atoms with Crippen LogP contribution in [0.2, 0.25) is 0 Å². The molecule has 0 spiro atoms. The molecule has 1 rings (SSSR count). The van der Waals surface area contributed by atoms with Crippen molar-refractivity contribution in [3.63, 3.8) is 0 Å². The molecule has 19 heavy (non-hydrogen) atoms. The molecule has 1 aromatic carbocycles. The third-order valence-electron chi connectivity index (χ3n) is 2.34. The van der Waals surface area contributed by atoms with E-state index in [0.717, 1.165) is 19.0 Å². The molecule has 0 amide bonds. The molecule has 0 saturated heterocycles. The van der Waals surface area contributed by atoms with Crippen LogP contribution in [0.3, 0.4) is 0 Å². The molecule has 1 atom stereocenters. The van der Waals surface area contributed by atoms with Crippen LogP contribution in [0.1, 0.15) is 13.8 Å². The smallest absolute Gasteiger partial charge is 0.191 e. The number of aliphatic hydroxyl groups excluding tert-OH is 1. The van der Waals surface area contributed by atoms with Crippen molar-refractivity contribution in [2.45, 2.75) is 24.0 Å². The van der Waals surface area contributed by atoms with Crippen LogP contribution in [-0.4, -0.2) is 42.6 Å². The summed E-state index contributed by atoms with van der Waals surface area (Å²) in [6.07, 6.45) is 0. The molecule has 0 saturated carbocycles. The van der Waals surface area contributed by atoms with E-state index in [1.54, 1.807) is 0 Å². The molecule has 4 nitrogen and oxygen atoms in total. The summed E-state index contributed by atoms with van der Waals surface area (Å²) in [7, 11) is 0. The highest BCUT2D eigenvalue weighted by atomic mass is 32.2. The number of aliphatic hydroxyl groups is 1. The second-order valence-electron chi connectivity index (χ2n) is 4.11. The Hall–Kier alpha value is -1.20. The van der Waals surface area contributed by atoms with Gasteiger partial charge < -0.3 is 15.7 Å². The Morgan fingerprint density at radius 2 is 2.05 bits per heavy atom. The van der Waals surface area contributed by atoms with E-state index in [-0.39, 0.29) is 6.61 Å². The Labute approximate surface area is 119 Å². The lowest BCUT2D eigenvalue weighted by molar-refractivity contribution is 0.300. The number of benzene rings is 1. The molecule has 3 N–H and O–H groups in total. The molecule has 0 radical (unpaired) electrons. The predicted molar refractivity (Wildman–Crippen MR) is 82.8 cm³/mol. The summed E-state index contributed by atoms with van der Waals surface area (Å²) < 4.78 is 0. The Kier molecular flexibility index (Phi) is 8.09. The number of nitrogens with one attached hydrogen (secondary N) is 2. The van der Waals surface area contributed by atoms with E-state index in [2.05, 4.69) is 34.7 Å². The predicted octanol–water partition coefficient (Wildman–Crippen LogP) is 1.71. The third-order valence-corrected chi connectivity index (χ3v) is 3.43. The summed E-state index contributed by atoms with van der Waals surface area (Å²) in [5.41, 5.74) is 0. The number of aliphatic imine (C=N–C) groups is 1. The zero-order valence-corrected chi connectivity index (χ0v) is 12.4. The molecule has 5 heteroatoms. The van der Waals surface area contributed by atoms with Gasteiger partial charge in [-0.2, -0.15) is 0 Å². The maximum absolute atomic E-state index is 8.81. The molecule has 1 aromatic rings. The minimum absolute atomic E-state index is 0.110. The molecule has 0 heterocycles. The van der Waals surface area contributed by atoms with E-state index in [0.29, 0.717) is 11.8 Å². The van der Waals surface area contributed by atoms with Gasteiger partial charge in [0.05, 0.1) is 13.2 Å². The first-order valence-electron chi connectivity index (χ1n) is 6.61. The number of thioether (sulfide) groups is 1. The molecule has 0 aliphatic carbocycles. The SMILES string of the molecule is CCNC(=NCC(C)Sc1ccccc1)NCCO. The van der Waals surface area contributed by atoms with Crippen molar-refractivity contribution in [3.8, 4) is 0 Å². The zero-order valence-electron chi connectivity index (χ0n) is 11.6.